The molecule has 0 atom stereocenters. The number of rotatable bonds is 1. The quantitative estimate of drug-likeness (QED) is 0.663. The maximum absolute atomic E-state index is 2.33. The average Bonchev–Trinajstić information content (AvgIpc) is 3.06. The lowest BCUT2D eigenvalue weighted by Gasteiger charge is -2.07. The molecular formula is C18H14. The van der Waals surface area contributed by atoms with Gasteiger partial charge in [-0.1, -0.05) is 48.6 Å². The summed E-state index contributed by atoms with van der Waals surface area (Å²) < 4.78 is 0. The summed E-state index contributed by atoms with van der Waals surface area (Å²) in [6.45, 7) is 0. The zero-order valence-electron chi connectivity index (χ0n) is 10.2. The zero-order valence-corrected chi connectivity index (χ0v) is 10.2. The van der Waals surface area contributed by atoms with Gasteiger partial charge in [-0.3, -0.25) is 0 Å². The van der Waals surface area contributed by atoms with Crippen LogP contribution in [0.4, 0.5) is 0 Å². The molecule has 0 fully saturated rings. The molecule has 0 N–H and O–H groups in total. The third-order valence-electron chi connectivity index (χ3n) is 3.88. The first-order valence-corrected chi connectivity index (χ1v) is 6.49. The standard InChI is InChI=1S/C18H14/c1-2-5-13(4-1)16-8-9-17-10-14-6-3-7-15(14)11-18(17)12-16/h1-4,7-12H,5-6H2. The van der Waals surface area contributed by atoms with Crippen LogP contribution < -0.4 is 0 Å². The van der Waals surface area contributed by atoms with Crippen molar-refractivity contribution in [3.05, 3.63) is 71.3 Å². The second kappa shape index (κ2) is 3.71. The largest absolute Gasteiger partial charge is 0.0801 e. The number of allylic oxidation sites excluding steroid dienone is 5. The van der Waals surface area contributed by atoms with Gasteiger partial charge in [-0.15, -0.1) is 0 Å². The third kappa shape index (κ3) is 1.46. The van der Waals surface area contributed by atoms with Gasteiger partial charge in [0.15, 0.2) is 0 Å². The molecule has 0 unspecified atom stereocenters. The molecule has 0 bridgehead atoms. The first-order chi connectivity index (χ1) is 8.90. The fraction of sp³-hybridized carbons (Fsp3) is 0.111. The minimum atomic E-state index is 1.07. The summed E-state index contributed by atoms with van der Waals surface area (Å²) in [5, 5.41) is 2.71. The predicted molar refractivity (Wildman–Crippen MR) is 78.4 cm³/mol. The molecule has 0 heteroatoms. The summed E-state index contributed by atoms with van der Waals surface area (Å²) >= 11 is 0. The van der Waals surface area contributed by atoms with Crippen molar-refractivity contribution in [2.75, 3.05) is 0 Å². The van der Waals surface area contributed by atoms with Crippen LogP contribution in [0, 0.1) is 0 Å². The van der Waals surface area contributed by atoms with Crippen LogP contribution in [0.1, 0.15) is 23.1 Å². The van der Waals surface area contributed by atoms with E-state index in [1.807, 2.05) is 0 Å². The van der Waals surface area contributed by atoms with E-state index in [9.17, 15) is 0 Å². The van der Waals surface area contributed by atoms with E-state index in [1.54, 1.807) is 0 Å². The summed E-state index contributed by atoms with van der Waals surface area (Å²) in [4.78, 5) is 0. The fourth-order valence-corrected chi connectivity index (χ4v) is 2.87. The van der Waals surface area contributed by atoms with Crippen LogP contribution in [0.5, 0.6) is 0 Å². The van der Waals surface area contributed by atoms with E-state index < -0.39 is 0 Å². The molecule has 0 nitrogen and oxygen atoms in total. The number of hydrogen-bond acceptors (Lipinski definition) is 0. The summed E-state index contributed by atoms with van der Waals surface area (Å²) in [5.41, 5.74) is 5.62. The lowest BCUT2D eigenvalue weighted by atomic mass is 9.97. The maximum Gasteiger partial charge on any atom is -0.00880 e. The van der Waals surface area contributed by atoms with Crippen molar-refractivity contribution in [2.45, 2.75) is 12.8 Å². The molecule has 2 aromatic carbocycles. The van der Waals surface area contributed by atoms with E-state index in [0.29, 0.717) is 0 Å². The highest BCUT2D eigenvalue weighted by molar-refractivity contribution is 5.90. The Morgan fingerprint density at radius 3 is 2.72 bits per heavy atom. The Hall–Kier alpha value is -2.08. The molecule has 0 saturated heterocycles. The predicted octanol–water partition coefficient (Wildman–Crippen LogP) is 4.75. The summed E-state index contributed by atoms with van der Waals surface area (Å²) in [5.74, 6) is 0. The Bertz CT molecular complexity index is 727. The van der Waals surface area contributed by atoms with Crippen LogP contribution in [-0.4, -0.2) is 0 Å². The van der Waals surface area contributed by atoms with Crippen molar-refractivity contribution in [1.82, 2.24) is 0 Å². The normalized spacial score (nSPS) is 16.3. The van der Waals surface area contributed by atoms with Crippen molar-refractivity contribution in [3.63, 3.8) is 0 Å². The molecule has 0 aromatic heterocycles. The highest BCUT2D eigenvalue weighted by Crippen LogP contribution is 2.30. The van der Waals surface area contributed by atoms with E-state index in [1.165, 1.54) is 33.0 Å². The van der Waals surface area contributed by atoms with Crippen LogP contribution in [0.3, 0.4) is 0 Å². The van der Waals surface area contributed by atoms with Gasteiger partial charge in [0, 0.05) is 0 Å². The molecule has 0 spiro atoms. The minimum Gasteiger partial charge on any atom is -0.0801 e. The molecule has 86 valence electrons. The summed E-state index contributed by atoms with van der Waals surface area (Å²) in [6, 6.07) is 11.5. The highest BCUT2D eigenvalue weighted by Gasteiger charge is 2.08. The second-order valence-corrected chi connectivity index (χ2v) is 5.04. The van der Waals surface area contributed by atoms with Gasteiger partial charge >= 0.3 is 0 Å². The fourth-order valence-electron chi connectivity index (χ4n) is 2.87. The first-order valence-electron chi connectivity index (χ1n) is 6.49. The molecule has 0 heterocycles. The van der Waals surface area contributed by atoms with Crippen molar-refractivity contribution in [2.24, 2.45) is 0 Å². The van der Waals surface area contributed by atoms with E-state index in [2.05, 4.69) is 60.7 Å². The van der Waals surface area contributed by atoms with Crippen LogP contribution in [0.25, 0.3) is 22.4 Å². The smallest absolute Gasteiger partial charge is 0.00880 e. The van der Waals surface area contributed by atoms with Crippen molar-refractivity contribution in [1.29, 1.82) is 0 Å². The van der Waals surface area contributed by atoms with Crippen LogP contribution in [-0.2, 0) is 6.42 Å². The third-order valence-corrected chi connectivity index (χ3v) is 3.88. The molecule has 0 aliphatic heterocycles. The van der Waals surface area contributed by atoms with Crippen molar-refractivity contribution >= 4 is 22.4 Å². The molecule has 2 aromatic rings. The Morgan fingerprint density at radius 2 is 1.83 bits per heavy atom. The van der Waals surface area contributed by atoms with Crippen molar-refractivity contribution < 1.29 is 0 Å². The minimum absolute atomic E-state index is 1.07. The Balaban J connectivity index is 1.89. The monoisotopic (exact) mass is 230 g/mol. The van der Waals surface area contributed by atoms with E-state index in [4.69, 9.17) is 0 Å². The first kappa shape index (κ1) is 9.90. The van der Waals surface area contributed by atoms with Crippen LogP contribution >= 0.6 is 0 Å². The van der Waals surface area contributed by atoms with Crippen LogP contribution in [0.15, 0.2) is 54.6 Å². The van der Waals surface area contributed by atoms with Crippen LogP contribution in [0.2, 0.25) is 0 Å². The lowest BCUT2D eigenvalue weighted by Crippen LogP contribution is -1.86. The summed E-state index contributed by atoms with van der Waals surface area (Å²) in [6.07, 6.45) is 13.2. The molecule has 0 amide bonds. The van der Waals surface area contributed by atoms with Gasteiger partial charge in [-0.25, -0.2) is 0 Å². The van der Waals surface area contributed by atoms with E-state index in [0.717, 1.165) is 12.8 Å². The van der Waals surface area contributed by atoms with Gasteiger partial charge in [-0.05, 0) is 58.0 Å². The van der Waals surface area contributed by atoms with Gasteiger partial charge in [0.2, 0.25) is 0 Å². The van der Waals surface area contributed by atoms with Gasteiger partial charge in [0.05, 0.1) is 0 Å². The second-order valence-electron chi connectivity index (χ2n) is 5.04. The van der Waals surface area contributed by atoms with Gasteiger partial charge in [0.25, 0.3) is 0 Å². The van der Waals surface area contributed by atoms with Gasteiger partial charge in [-0.2, -0.15) is 0 Å². The number of hydrogen-bond donors (Lipinski definition) is 0. The number of fused-ring (bicyclic) bond motifs is 2. The average molecular weight is 230 g/mol. The van der Waals surface area contributed by atoms with E-state index >= 15 is 0 Å². The molecule has 4 rings (SSSR count). The maximum atomic E-state index is 2.33. The van der Waals surface area contributed by atoms with Crippen molar-refractivity contribution in [3.8, 4) is 0 Å². The Labute approximate surface area is 107 Å². The van der Waals surface area contributed by atoms with Gasteiger partial charge in [0.1, 0.15) is 0 Å². The number of benzene rings is 2. The topological polar surface area (TPSA) is 0 Å². The zero-order chi connectivity index (χ0) is 11.9. The Kier molecular flexibility index (Phi) is 2.04. The van der Waals surface area contributed by atoms with E-state index in [-0.39, 0.29) is 0 Å². The highest BCUT2D eigenvalue weighted by atomic mass is 14.1. The molecule has 2 aliphatic rings. The summed E-state index contributed by atoms with van der Waals surface area (Å²) in [7, 11) is 0. The molecule has 2 aliphatic carbocycles. The molecule has 18 heavy (non-hydrogen) atoms. The SMILES string of the molecule is C1=CCC(c2ccc3cc4c(cc3c2)C=CC4)=C1. The molecular weight excluding hydrogens is 216 g/mol. The van der Waals surface area contributed by atoms with Gasteiger partial charge < -0.3 is 0 Å². The molecule has 0 saturated carbocycles. The Morgan fingerprint density at radius 1 is 0.833 bits per heavy atom. The lowest BCUT2D eigenvalue weighted by molar-refractivity contribution is 1.32. The molecule has 0 radical (unpaired) electrons.